The van der Waals surface area contributed by atoms with Crippen LogP contribution in [0.3, 0.4) is 0 Å². The summed E-state index contributed by atoms with van der Waals surface area (Å²) in [5, 5.41) is 25.3. The van der Waals surface area contributed by atoms with Crippen molar-refractivity contribution in [2.24, 2.45) is 0 Å². The van der Waals surface area contributed by atoms with Gasteiger partial charge in [0.15, 0.2) is 0 Å². The van der Waals surface area contributed by atoms with E-state index in [0.717, 1.165) is 0 Å². The molecule has 0 saturated carbocycles. The summed E-state index contributed by atoms with van der Waals surface area (Å²) in [6.45, 7) is 0. The van der Waals surface area contributed by atoms with Gasteiger partial charge in [-0.25, -0.2) is 9.67 Å². The summed E-state index contributed by atoms with van der Waals surface area (Å²) in [5.74, 6) is 0.703. The lowest BCUT2D eigenvalue weighted by Gasteiger charge is -2.05. The van der Waals surface area contributed by atoms with Crippen LogP contribution in [-0.2, 0) is 0 Å². The number of methoxy groups -OCH3 is 1. The minimum Gasteiger partial charge on any atom is -0.507 e. The van der Waals surface area contributed by atoms with Gasteiger partial charge in [-0.1, -0.05) is 0 Å². The van der Waals surface area contributed by atoms with Crippen molar-refractivity contribution < 1.29 is 14.8 Å². The van der Waals surface area contributed by atoms with E-state index in [0.29, 0.717) is 17.0 Å². The largest absolute Gasteiger partial charge is 0.507 e. The van der Waals surface area contributed by atoms with E-state index in [9.17, 15) is 15.2 Å². The topological polar surface area (TPSA) is 103 Å². The van der Waals surface area contributed by atoms with Crippen molar-refractivity contribution in [2.75, 3.05) is 7.11 Å². The molecule has 0 spiro atoms. The molecule has 23 heavy (non-hydrogen) atoms. The highest BCUT2D eigenvalue weighted by Crippen LogP contribution is 2.32. The Morgan fingerprint density at radius 3 is 2.87 bits per heavy atom. The molecule has 8 heteroatoms. The van der Waals surface area contributed by atoms with Crippen molar-refractivity contribution in [3.8, 4) is 28.6 Å². The number of phenols is 1. The standard InChI is InChI=1S/C15H12N4O4/c1-23-10-4-5-14(20)11(9-10)12-6-8-18(17-12)15-13(19(21)22)3-2-7-16-15/h2-9,20H,1H3. The monoisotopic (exact) mass is 312 g/mol. The highest BCUT2D eigenvalue weighted by Gasteiger charge is 2.18. The van der Waals surface area contributed by atoms with Gasteiger partial charge in [-0.15, -0.1) is 0 Å². The van der Waals surface area contributed by atoms with E-state index in [1.165, 1.54) is 36.2 Å². The summed E-state index contributed by atoms with van der Waals surface area (Å²) >= 11 is 0. The average molecular weight is 312 g/mol. The van der Waals surface area contributed by atoms with E-state index >= 15 is 0 Å². The Balaban J connectivity index is 2.07. The van der Waals surface area contributed by atoms with Gasteiger partial charge in [0.05, 0.1) is 17.7 Å². The van der Waals surface area contributed by atoms with Gasteiger partial charge in [-0.05, 0) is 30.3 Å². The van der Waals surface area contributed by atoms with Crippen LogP contribution in [0, 0.1) is 10.1 Å². The van der Waals surface area contributed by atoms with Gasteiger partial charge < -0.3 is 9.84 Å². The van der Waals surface area contributed by atoms with Gasteiger partial charge in [-0.3, -0.25) is 10.1 Å². The molecular weight excluding hydrogens is 300 g/mol. The molecule has 2 aromatic heterocycles. The SMILES string of the molecule is COc1ccc(O)c(-c2ccn(-c3ncccc3[N+](=O)[O-])n2)c1. The van der Waals surface area contributed by atoms with Gasteiger partial charge >= 0.3 is 5.69 Å². The van der Waals surface area contributed by atoms with E-state index in [1.807, 2.05) is 0 Å². The van der Waals surface area contributed by atoms with E-state index in [1.54, 1.807) is 24.4 Å². The normalized spacial score (nSPS) is 10.5. The Kier molecular flexibility index (Phi) is 3.63. The van der Waals surface area contributed by atoms with Gasteiger partial charge in [0, 0.05) is 24.0 Å². The van der Waals surface area contributed by atoms with Crippen LogP contribution < -0.4 is 4.74 Å². The Bertz CT molecular complexity index is 875. The molecule has 0 unspecified atom stereocenters. The summed E-state index contributed by atoms with van der Waals surface area (Å²) in [7, 11) is 1.52. The summed E-state index contributed by atoms with van der Waals surface area (Å²) in [6, 6.07) is 9.23. The van der Waals surface area contributed by atoms with Crippen LogP contribution in [0.1, 0.15) is 0 Å². The summed E-state index contributed by atoms with van der Waals surface area (Å²) < 4.78 is 6.42. The highest BCUT2D eigenvalue weighted by molar-refractivity contribution is 5.68. The van der Waals surface area contributed by atoms with Crippen molar-refractivity contribution in [1.29, 1.82) is 0 Å². The van der Waals surface area contributed by atoms with Crippen LogP contribution in [0.25, 0.3) is 17.1 Å². The number of nitro groups is 1. The van der Waals surface area contributed by atoms with Crippen LogP contribution in [0.2, 0.25) is 0 Å². The van der Waals surface area contributed by atoms with Crippen LogP contribution in [0.4, 0.5) is 5.69 Å². The molecule has 0 bridgehead atoms. The fourth-order valence-electron chi connectivity index (χ4n) is 2.14. The first-order valence-corrected chi connectivity index (χ1v) is 6.63. The molecule has 8 nitrogen and oxygen atoms in total. The zero-order valence-corrected chi connectivity index (χ0v) is 12.1. The second-order valence-corrected chi connectivity index (χ2v) is 4.63. The Morgan fingerprint density at radius 1 is 1.30 bits per heavy atom. The molecule has 1 N–H and O–H groups in total. The van der Waals surface area contributed by atoms with E-state index < -0.39 is 4.92 Å². The Hall–Kier alpha value is -3.42. The molecule has 0 fully saturated rings. The number of benzene rings is 1. The van der Waals surface area contributed by atoms with Crippen molar-refractivity contribution in [1.82, 2.24) is 14.8 Å². The number of nitrogens with zero attached hydrogens (tertiary/aromatic N) is 4. The lowest BCUT2D eigenvalue weighted by Crippen LogP contribution is -2.03. The number of aromatic hydroxyl groups is 1. The second kappa shape index (κ2) is 5.76. The predicted octanol–water partition coefficient (Wildman–Crippen LogP) is 2.56. The second-order valence-electron chi connectivity index (χ2n) is 4.63. The summed E-state index contributed by atoms with van der Waals surface area (Å²) in [4.78, 5) is 14.6. The molecule has 0 radical (unpaired) electrons. The zero-order valence-electron chi connectivity index (χ0n) is 12.1. The van der Waals surface area contributed by atoms with E-state index in [4.69, 9.17) is 4.74 Å². The van der Waals surface area contributed by atoms with Crippen molar-refractivity contribution >= 4 is 5.69 Å². The molecule has 0 amide bonds. The fraction of sp³-hybridized carbons (Fsp3) is 0.0667. The molecule has 0 aliphatic rings. The van der Waals surface area contributed by atoms with Gasteiger partial charge in [-0.2, -0.15) is 5.10 Å². The maximum absolute atomic E-state index is 11.1. The number of aromatic nitrogens is 3. The smallest absolute Gasteiger partial charge is 0.313 e. The Morgan fingerprint density at radius 2 is 2.13 bits per heavy atom. The lowest BCUT2D eigenvalue weighted by atomic mass is 10.1. The molecule has 0 saturated heterocycles. The van der Waals surface area contributed by atoms with Gasteiger partial charge in [0.2, 0.25) is 5.82 Å². The molecule has 1 aromatic carbocycles. The van der Waals surface area contributed by atoms with Crippen molar-refractivity contribution in [3.63, 3.8) is 0 Å². The van der Waals surface area contributed by atoms with Crippen molar-refractivity contribution in [3.05, 3.63) is 58.9 Å². The Labute approximate surface area is 130 Å². The maximum atomic E-state index is 11.1. The third kappa shape index (κ3) is 2.69. The molecular formula is C15H12N4O4. The first-order valence-electron chi connectivity index (χ1n) is 6.63. The molecule has 0 atom stereocenters. The number of hydrogen-bond donors (Lipinski definition) is 1. The number of phenolic OH excluding ortho intramolecular Hbond substituents is 1. The molecule has 0 aliphatic heterocycles. The first-order chi connectivity index (χ1) is 11.1. The third-order valence-corrected chi connectivity index (χ3v) is 3.25. The fourth-order valence-corrected chi connectivity index (χ4v) is 2.14. The number of rotatable bonds is 4. The minimum absolute atomic E-state index is 0.0339. The van der Waals surface area contributed by atoms with Gasteiger partial charge in [0.25, 0.3) is 0 Å². The molecule has 3 rings (SSSR count). The molecule has 3 aromatic rings. The first kappa shape index (κ1) is 14.5. The number of hydrogen-bond acceptors (Lipinski definition) is 6. The average Bonchev–Trinajstić information content (AvgIpc) is 3.05. The molecule has 116 valence electrons. The van der Waals surface area contributed by atoms with Crippen LogP contribution in [0.5, 0.6) is 11.5 Å². The lowest BCUT2D eigenvalue weighted by molar-refractivity contribution is -0.384. The maximum Gasteiger partial charge on any atom is 0.313 e. The minimum atomic E-state index is -0.521. The molecule has 2 heterocycles. The highest BCUT2D eigenvalue weighted by atomic mass is 16.6. The van der Waals surface area contributed by atoms with E-state index in [-0.39, 0.29) is 17.3 Å². The van der Waals surface area contributed by atoms with E-state index in [2.05, 4.69) is 10.1 Å². The zero-order chi connectivity index (χ0) is 16.4. The van der Waals surface area contributed by atoms with Crippen LogP contribution >= 0.6 is 0 Å². The van der Waals surface area contributed by atoms with Gasteiger partial charge in [0.1, 0.15) is 11.5 Å². The number of ether oxygens (including phenoxy) is 1. The van der Waals surface area contributed by atoms with Crippen LogP contribution in [-0.4, -0.2) is 31.9 Å². The third-order valence-electron chi connectivity index (χ3n) is 3.25. The predicted molar refractivity (Wildman–Crippen MR) is 81.7 cm³/mol. The summed E-state index contributed by atoms with van der Waals surface area (Å²) in [5.41, 5.74) is 0.750. The summed E-state index contributed by atoms with van der Waals surface area (Å²) in [6.07, 6.45) is 3.00. The molecule has 0 aliphatic carbocycles. The van der Waals surface area contributed by atoms with Crippen LogP contribution in [0.15, 0.2) is 48.8 Å². The number of pyridine rings is 1. The quantitative estimate of drug-likeness (QED) is 0.586. The van der Waals surface area contributed by atoms with Crippen molar-refractivity contribution in [2.45, 2.75) is 0 Å².